The molecule has 0 aliphatic heterocycles. The Morgan fingerprint density at radius 2 is 1.67 bits per heavy atom. The van der Waals surface area contributed by atoms with Crippen molar-refractivity contribution in [3.63, 3.8) is 0 Å². The average Bonchev–Trinajstić information content (AvgIpc) is 2.37. The normalized spacial score (nSPS) is 11.7. The minimum absolute atomic E-state index is 0.160. The first kappa shape index (κ1) is 15.6. The predicted octanol–water partition coefficient (Wildman–Crippen LogP) is 3.55. The maximum Gasteiger partial charge on any atom is 0.433 e. The minimum atomic E-state index is -4.51. The van der Waals surface area contributed by atoms with Gasteiger partial charge >= 0.3 is 6.18 Å². The van der Waals surface area contributed by atoms with Crippen LogP contribution in [0.2, 0.25) is 0 Å². The van der Waals surface area contributed by atoms with Crippen molar-refractivity contribution in [1.82, 2.24) is 15.0 Å². The van der Waals surface area contributed by atoms with Crippen molar-refractivity contribution in [3.8, 4) is 0 Å². The molecular formula is C13H13F3N4S. The summed E-state index contributed by atoms with van der Waals surface area (Å²) in [5.41, 5.74) is 7.38. The average molecular weight is 314 g/mol. The summed E-state index contributed by atoms with van der Waals surface area (Å²) in [6.07, 6.45) is -3.51. The first-order valence-corrected chi connectivity index (χ1v) is 6.82. The van der Waals surface area contributed by atoms with Gasteiger partial charge in [0.25, 0.3) is 0 Å². The van der Waals surface area contributed by atoms with Crippen LogP contribution < -0.4 is 5.73 Å². The lowest BCUT2D eigenvalue weighted by atomic mass is 10.2. The molecule has 2 heterocycles. The van der Waals surface area contributed by atoms with E-state index < -0.39 is 11.9 Å². The van der Waals surface area contributed by atoms with E-state index in [-0.39, 0.29) is 10.6 Å². The van der Waals surface area contributed by atoms with Gasteiger partial charge in [0.15, 0.2) is 5.16 Å². The van der Waals surface area contributed by atoms with Crippen molar-refractivity contribution in [2.75, 3.05) is 5.73 Å². The standard InChI is InChI=1S/C13H13F3N4S/c1-6-7(2)19-12(20-8(6)3)21-10-4-11(13(14,15)16)18-5-9(10)17/h4-5H,17H2,1-3H3. The molecule has 0 radical (unpaired) electrons. The molecule has 0 unspecified atom stereocenters. The van der Waals surface area contributed by atoms with Crippen LogP contribution in [0.3, 0.4) is 0 Å². The predicted molar refractivity (Wildman–Crippen MR) is 74.0 cm³/mol. The van der Waals surface area contributed by atoms with Gasteiger partial charge in [-0.3, -0.25) is 0 Å². The Morgan fingerprint density at radius 1 is 1.10 bits per heavy atom. The number of aromatic nitrogens is 3. The lowest BCUT2D eigenvalue weighted by Gasteiger charge is -2.10. The molecule has 0 bridgehead atoms. The third-order valence-electron chi connectivity index (χ3n) is 3.00. The number of hydrogen-bond donors (Lipinski definition) is 1. The number of hydrogen-bond acceptors (Lipinski definition) is 5. The van der Waals surface area contributed by atoms with Crippen molar-refractivity contribution in [3.05, 3.63) is 34.9 Å². The Morgan fingerprint density at radius 3 is 2.19 bits per heavy atom. The van der Waals surface area contributed by atoms with Crippen LogP contribution in [0.4, 0.5) is 18.9 Å². The van der Waals surface area contributed by atoms with E-state index in [9.17, 15) is 13.2 Å². The van der Waals surface area contributed by atoms with Gasteiger partial charge in [-0.25, -0.2) is 15.0 Å². The van der Waals surface area contributed by atoms with E-state index in [0.29, 0.717) is 5.16 Å². The highest BCUT2D eigenvalue weighted by atomic mass is 32.2. The molecule has 0 aliphatic carbocycles. The van der Waals surface area contributed by atoms with E-state index >= 15 is 0 Å². The number of nitrogen functional groups attached to an aromatic ring is 1. The van der Waals surface area contributed by atoms with Crippen molar-refractivity contribution >= 4 is 17.4 Å². The van der Waals surface area contributed by atoms with Crippen molar-refractivity contribution in [2.24, 2.45) is 0 Å². The molecular weight excluding hydrogens is 301 g/mol. The monoisotopic (exact) mass is 314 g/mol. The van der Waals surface area contributed by atoms with Gasteiger partial charge in [0, 0.05) is 16.3 Å². The first-order valence-electron chi connectivity index (χ1n) is 6.01. The van der Waals surface area contributed by atoms with Crippen molar-refractivity contribution in [1.29, 1.82) is 0 Å². The Labute approximate surface area is 124 Å². The number of anilines is 1. The van der Waals surface area contributed by atoms with E-state index in [1.165, 1.54) is 0 Å². The van der Waals surface area contributed by atoms with Crippen LogP contribution in [0, 0.1) is 20.8 Å². The van der Waals surface area contributed by atoms with Gasteiger partial charge in [-0.1, -0.05) is 0 Å². The van der Waals surface area contributed by atoms with Crippen LogP contribution in [0.1, 0.15) is 22.6 Å². The largest absolute Gasteiger partial charge is 0.433 e. The summed E-state index contributed by atoms with van der Waals surface area (Å²) < 4.78 is 38.0. The molecule has 2 aromatic heterocycles. The topological polar surface area (TPSA) is 64.7 Å². The van der Waals surface area contributed by atoms with Gasteiger partial charge in [-0.15, -0.1) is 0 Å². The van der Waals surface area contributed by atoms with Crippen molar-refractivity contribution in [2.45, 2.75) is 37.0 Å². The summed E-state index contributed by atoms with van der Waals surface area (Å²) in [4.78, 5) is 12.0. The van der Waals surface area contributed by atoms with E-state index in [1.54, 1.807) is 0 Å². The lowest BCUT2D eigenvalue weighted by Crippen LogP contribution is -2.08. The molecule has 4 nitrogen and oxygen atoms in total. The third-order valence-corrected chi connectivity index (χ3v) is 3.94. The van der Waals surface area contributed by atoms with Gasteiger partial charge in [-0.2, -0.15) is 13.2 Å². The second kappa shape index (κ2) is 5.51. The number of rotatable bonds is 2. The van der Waals surface area contributed by atoms with E-state index in [2.05, 4.69) is 15.0 Å². The smallest absolute Gasteiger partial charge is 0.397 e. The van der Waals surface area contributed by atoms with Gasteiger partial charge < -0.3 is 5.73 Å². The number of nitrogens with zero attached hydrogens (tertiary/aromatic N) is 3. The minimum Gasteiger partial charge on any atom is -0.397 e. The second-order valence-corrected chi connectivity index (χ2v) is 5.52. The van der Waals surface area contributed by atoms with Gasteiger partial charge in [0.2, 0.25) is 0 Å². The fourth-order valence-corrected chi connectivity index (χ4v) is 2.48. The lowest BCUT2D eigenvalue weighted by molar-refractivity contribution is -0.141. The highest BCUT2D eigenvalue weighted by Crippen LogP contribution is 2.35. The molecule has 0 fully saturated rings. The Bertz CT molecular complexity index is 663. The fourth-order valence-electron chi connectivity index (χ4n) is 1.58. The quantitative estimate of drug-likeness (QED) is 0.859. The van der Waals surface area contributed by atoms with Crippen LogP contribution in [0.15, 0.2) is 22.3 Å². The van der Waals surface area contributed by atoms with Crippen LogP contribution in [-0.2, 0) is 6.18 Å². The van der Waals surface area contributed by atoms with Crippen LogP contribution in [0.25, 0.3) is 0 Å². The zero-order chi connectivity index (χ0) is 15.8. The van der Waals surface area contributed by atoms with Gasteiger partial charge in [0.05, 0.1) is 11.9 Å². The maximum absolute atomic E-state index is 12.7. The molecule has 2 N–H and O–H groups in total. The highest BCUT2D eigenvalue weighted by Gasteiger charge is 2.33. The molecule has 0 spiro atoms. The van der Waals surface area contributed by atoms with E-state index in [1.807, 2.05) is 20.8 Å². The summed E-state index contributed by atoms with van der Waals surface area (Å²) in [6, 6.07) is 0.911. The Balaban J connectivity index is 2.40. The molecule has 2 rings (SSSR count). The molecule has 0 saturated carbocycles. The number of aryl methyl sites for hydroxylation is 2. The van der Waals surface area contributed by atoms with Crippen LogP contribution >= 0.6 is 11.8 Å². The zero-order valence-corrected chi connectivity index (χ0v) is 12.4. The Hall–Kier alpha value is -1.83. The fraction of sp³-hybridized carbons (Fsp3) is 0.308. The van der Waals surface area contributed by atoms with E-state index in [4.69, 9.17) is 5.73 Å². The molecule has 8 heteroatoms. The van der Waals surface area contributed by atoms with Crippen molar-refractivity contribution < 1.29 is 13.2 Å². The molecule has 0 amide bonds. The number of halogens is 3. The zero-order valence-electron chi connectivity index (χ0n) is 11.6. The Kier molecular flexibility index (Phi) is 4.08. The summed E-state index contributed by atoms with van der Waals surface area (Å²) in [5, 5.41) is 0.363. The SMILES string of the molecule is Cc1nc(Sc2cc(C(F)(F)F)ncc2N)nc(C)c1C. The molecule has 0 aromatic carbocycles. The van der Waals surface area contributed by atoms with Gasteiger partial charge in [0.1, 0.15) is 5.69 Å². The summed E-state index contributed by atoms with van der Waals surface area (Å²) in [6.45, 7) is 5.54. The maximum atomic E-state index is 12.7. The number of alkyl halides is 3. The van der Waals surface area contributed by atoms with Crippen LogP contribution in [0.5, 0.6) is 0 Å². The molecule has 21 heavy (non-hydrogen) atoms. The summed E-state index contributed by atoms with van der Waals surface area (Å²) in [7, 11) is 0. The first-order chi connectivity index (χ1) is 9.68. The van der Waals surface area contributed by atoms with Gasteiger partial charge in [-0.05, 0) is 44.2 Å². The number of nitrogens with two attached hydrogens (primary N) is 1. The summed E-state index contributed by atoms with van der Waals surface area (Å²) >= 11 is 0.994. The molecule has 0 atom stereocenters. The summed E-state index contributed by atoms with van der Waals surface area (Å²) in [5.74, 6) is 0. The highest BCUT2D eigenvalue weighted by molar-refractivity contribution is 7.99. The molecule has 0 aliphatic rings. The van der Waals surface area contributed by atoms with Crippen LogP contribution in [-0.4, -0.2) is 15.0 Å². The molecule has 0 saturated heterocycles. The molecule has 112 valence electrons. The third kappa shape index (κ3) is 3.44. The molecule has 2 aromatic rings. The second-order valence-electron chi connectivity index (χ2n) is 4.51. The number of pyridine rings is 1. The van der Waals surface area contributed by atoms with E-state index in [0.717, 1.165) is 41.0 Å².